The summed E-state index contributed by atoms with van der Waals surface area (Å²) in [4.78, 5) is 0. The van der Waals surface area contributed by atoms with E-state index in [4.69, 9.17) is 16.9 Å². The van der Waals surface area contributed by atoms with E-state index in [9.17, 15) is 4.57 Å². The summed E-state index contributed by atoms with van der Waals surface area (Å²) >= 11 is 4.13. The zero-order valence-electron chi connectivity index (χ0n) is 12.4. The Bertz CT molecular complexity index is 325. The van der Waals surface area contributed by atoms with Crippen LogP contribution in [0.3, 0.4) is 0 Å². The molecule has 0 aromatic rings. The van der Waals surface area contributed by atoms with Gasteiger partial charge in [0.25, 0.3) is 0 Å². The second-order valence-electron chi connectivity index (χ2n) is 6.03. The summed E-state index contributed by atoms with van der Waals surface area (Å²) in [7, 11) is 2.90. The van der Waals surface area contributed by atoms with Crippen molar-refractivity contribution < 1.29 is 13.6 Å². The van der Waals surface area contributed by atoms with Crippen molar-refractivity contribution in [3.63, 3.8) is 0 Å². The van der Waals surface area contributed by atoms with Crippen LogP contribution in [0.15, 0.2) is 0 Å². The topological polar surface area (TPSA) is 35.5 Å². The highest BCUT2D eigenvalue weighted by Gasteiger charge is 2.37. The highest BCUT2D eigenvalue weighted by atomic mass is 32.1. The van der Waals surface area contributed by atoms with Crippen LogP contribution < -0.4 is 0 Å². The SMILES string of the molecule is [B]C1CCC(C(C)C)C(OP(=O)(CS)OC(C)C)C1. The maximum atomic E-state index is 12.6. The highest BCUT2D eigenvalue weighted by molar-refractivity contribution is 7.88. The van der Waals surface area contributed by atoms with E-state index in [1.165, 1.54) is 0 Å². The fraction of sp³-hybridized carbons (Fsp3) is 1.00. The van der Waals surface area contributed by atoms with Gasteiger partial charge in [0.2, 0.25) is 0 Å². The maximum Gasteiger partial charge on any atom is 0.340 e. The average Bonchev–Trinajstić information content (AvgIpc) is 2.27. The third-order valence-corrected chi connectivity index (χ3v) is 6.30. The van der Waals surface area contributed by atoms with Crippen molar-refractivity contribution in [2.45, 2.75) is 65.0 Å². The van der Waals surface area contributed by atoms with Gasteiger partial charge in [-0.05, 0) is 38.5 Å². The molecule has 1 aliphatic rings. The van der Waals surface area contributed by atoms with Crippen LogP contribution in [0.4, 0.5) is 0 Å². The van der Waals surface area contributed by atoms with Crippen LogP contribution in [0.25, 0.3) is 0 Å². The van der Waals surface area contributed by atoms with Crippen LogP contribution in [-0.2, 0) is 13.6 Å². The predicted octanol–water partition coefficient (Wildman–Crippen LogP) is 4.29. The Morgan fingerprint density at radius 2 is 1.95 bits per heavy atom. The van der Waals surface area contributed by atoms with Crippen LogP contribution in [0.2, 0.25) is 5.82 Å². The van der Waals surface area contributed by atoms with E-state index in [1.54, 1.807) is 0 Å². The Morgan fingerprint density at radius 1 is 1.32 bits per heavy atom. The lowest BCUT2D eigenvalue weighted by molar-refractivity contribution is 0.0445. The Hall–Kier alpha value is 0.565. The lowest BCUT2D eigenvalue weighted by Crippen LogP contribution is -2.33. The van der Waals surface area contributed by atoms with Crippen molar-refractivity contribution in [2.75, 3.05) is 5.49 Å². The van der Waals surface area contributed by atoms with Crippen molar-refractivity contribution in [1.82, 2.24) is 0 Å². The van der Waals surface area contributed by atoms with Gasteiger partial charge in [-0.25, -0.2) is 0 Å². The maximum absolute atomic E-state index is 12.6. The van der Waals surface area contributed by atoms with Gasteiger partial charge in [-0.1, -0.05) is 26.1 Å². The number of rotatable bonds is 6. The van der Waals surface area contributed by atoms with Crippen LogP contribution in [0.1, 0.15) is 47.0 Å². The van der Waals surface area contributed by atoms with Gasteiger partial charge < -0.3 is 9.05 Å². The Balaban J connectivity index is 2.76. The number of hydrogen-bond acceptors (Lipinski definition) is 4. The van der Waals surface area contributed by atoms with Crippen LogP contribution in [-0.4, -0.2) is 25.5 Å². The molecular formula is C13H26BO3PS. The molecule has 0 aliphatic heterocycles. The van der Waals surface area contributed by atoms with Crippen molar-refractivity contribution >= 4 is 28.1 Å². The van der Waals surface area contributed by atoms with E-state index < -0.39 is 7.60 Å². The molecule has 1 rings (SSSR count). The smallest absolute Gasteiger partial charge is 0.305 e. The molecule has 0 N–H and O–H groups in total. The van der Waals surface area contributed by atoms with Gasteiger partial charge >= 0.3 is 7.60 Å². The predicted molar refractivity (Wildman–Crippen MR) is 84.2 cm³/mol. The number of hydrogen-bond donors (Lipinski definition) is 1. The summed E-state index contributed by atoms with van der Waals surface area (Å²) in [6.07, 6.45) is 2.58. The molecule has 1 fully saturated rings. The summed E-state index contributed by atoms with van der Waals surface area (Å²) in [5.74, 6) is 1.01. The second kappa shape index (κ2) is 7.54. The summed E-state index contributed by atoms with van der Waals surface area (Å²) < 4.78 is 23.9. The standard InChI is InChI=1S/C13H26BO3PS/c1-9(2)12-6-5-11(14)7-13(12)17-18(15,8-19)16-10(3)4/h9-13,19H,5-8H2,1-4H3. The summed E-state index contributed by atoms with van der Waals surface area (Å²) in [6.45, 7) is 8.05. The van der Waals surface area contributed by atoms with Gasteiger partial charge in [0.05, 0.1) is 25.5 Å². The van der Waals surface area contributed by atoms with E-state index in [-0.39, 0.29) is 23.5 Å². The Labute approximate surface area is 124 Å². The monoisotopic (exact) mass is 304 g/mol. The average molecular weight is 304 g/mol. The van der Waals surface area contributed by atoms with Gasteiger partial charge in [0, 0.05) is 0 Å². The quantitative estimate of drug-likeness (QED) is 0.452. The minimum absolute atomic E-state index is 0.0829. The number of thiol groups is 1. The van der Waals surface area contributed by atoms with Crippen LogP contribution in [0.5, 0.6) is 0 Å². The summed E-state index contributed by atoms with van der Waals surface area (Å²) in [5, 5.41) is 0. The van der Waals surface area contributed by atoms with Gasteiger partial charge in [-0.2, -0.15) is 12.6 Å². The van der Waals surface area contributed by atoms with E-state index in [0.29, 0.717) is 11.8 Å². The molecule has 6 heteroatoms. The molecule has 0 heterocycles. The minimum Gasteiger partial charge on any atom is -0.305 e. The molecule has 0 aromatic carbocycles. The van der Waals surface area contributed by atoms with Crippen molar-refractivity contribution in [3.8, 4) is 0 Å². The molecule has 0 spiro atoms. The molecule has 1 aliphatic carbocycles. The lowest BCUT2D eigenvalue weighted by atomic mass is 9.68. The first-order chi connectivity index (χ1) is 8.77. The zero-order valence-corrected chi connectivity index (χ0v) is 14.2. The molecule has 0 bridgehead atoms. The minimum atomic E-state index is -3.12. The molecule has 1 saturated carbocycles. The van der Waals surface area contributed by atoms with Crippen LogP contribution in [0, 0.1) is 11.8 Å². The summed E-state index contributed by atoms with van der Waals surface area (Å²) in [5.41, 5.74) is 0.113. The molecule has 0 saturated heterocycles. The van der Waals surface area contributed by atoms with Gasteiger partial charge in [0.15, 0.2) is 0 Å². The van der Waals surface area contributed by atoms with Gasteiger partial charge in [-0.15, -0.1) is 0 Å². The molecule has 110 valence electrons. The first-order valence-corrected chi connectivity index (χ1v) is 9.45. The highest BCUT2D eigenvalue weighted by Crippen LogP contribution is 2.54. The molecule has 4 atom stereocenters. The fourth-order valence-electron chi connectivity index (χ4n) is 2.69. The molecule has 0 amide bonds. The largest absolute Gasteiger partial charge is 0.340 e. The van der Waals surface area contributed by atoms with Crippen molar-refractivity contribution in [3.05, 3.63) is 0 Å². The van der Waals surface area contributed by atoms with Crippen molar-refractivity contribution in [2.24, 2.45) is 11.8 Å². The van der Waals surface area contributed by atoms with E-state index >= 15 is 0 Å². The third kappa shape index (κ3) is 5.45. The fourth-order valence-corrected chi connectivity index (χ4v) is 4.57. The van der Waals surface area contributed by atoms with Crippen LogP contribution >= 0.6 is 20.2 Å². The van der Waals surface area contributed by atoms with E-state index in [2.05, 4.69) is 26.5 Å². The molecule has 4 unspecified atom stereocenters. The zero-order chi connectivity index (χ0) is 14.6. The Kier molecular flexibility index (Phi) is 6.99. The molecule has 19 heavy (non-hydrogen) atoms. The lowest BCUT2D eigenvalue weighted by Gasteiger charge is -2.38. The van der Waals surface area contributed by atoms with Crippen molar-refractivity contribution in [1.29, 1.82) is 0 Å². The van der Waals surface area contributed by atoms with E-state index in [0.717, 1.165) is 19.3 Å². The first kappa shape index (κ1) is 17.6. The Morgan fingerprint density at radius 3 is 2.42 bits per heavy atom. The molecule has 3 nitrogen and oxygen atoms in total. The first-order valence-electron chi connectivity index (χ1n) is 7.09. The molecule has 2 radical (unpaired) electrons. The normalized spacial score (nSPS) is 31.6. The van der Waals surface area contributed by atoms with E-state index in [1.807, 2.05) is 13.8 Å². The summed E-state index contributed by atoms with van der Waals surface area (Å²) in [6, 6.07) is 0. The van der Waals surface area contributed by atoms with Gasteiger partial charge in [0.1, 0.15) is 0 Å². The van der Waals surface area contributed by atoms with Gasteiger partial charge in [-0.3, -0.25) is 4.57 Å². The third-order valence-electron chi connectivity index (χ3n) is 3.58. The molecule has 0 aromatic heterocycles. The molecular weight excluding hydrogens is 278 g/mol. The second-order valence-corrected chi connectivity index (χ2v) is 8.81.